The van der Waals surface area contributed by atoms with Gasteiger partial charge in [-0.1, -0.05) is 54.8 Å². The lowest BCUT2D eigenvalue weighted by molar-refractivity contribution is -0.0435. The van der Waals surface area contributed by atoms with Crippen molar-refractivity contribution < 1.29 is 34.8 Å². The molecular weight excluding hydrogens is 831 g/mol. The summed E-state index contributed by atoms with van der Waals surface area (Å²) in [5, 5.41) is 10.5. The van der Waals surface area contributed by atoms with Gasteiger partial charge in [0.1, 0.15) is 4.90 Å². The molecule has 5 rings (SSSR count). The minimum atomic E-state index is -6.02. The Bertz CT molecular complexity index is 2180. The van der Waals surface area contributed by atoms with Crippen molar-refractivity contribution in [3.8, 4) is 0 Å². The number of nitrogens with one attached hydrogen (secondary N) is 4. The van der Waals surface area contributed by atoms with E-state index in [1.807, 2.05) is 66.2 Å². The van der Waals surface area contributed by atoms with Gasteiger partial charge in [0.25, 0.3) is 25.8 Å². The lowest BCUT2D eigenvalue weighted by Crippen LogP contribution is -2.32. The molecule has 0 aromatic heterocycles. The van der Waals surface area contributed by atoms with Gasteiger partial charge < -0.3 is 20.9 Å². The zero-order chi connectivity index (χ0) is 41.9. The highest BCUT2D eigenvalue weighted by molar-refractivity contribution is 7.99. The third kappa shape index (κ3) is 12.6. The number of sulfonamides is 1. The molecule has 1 aliphatic carbocycles. The van der Waals surface area contributed by atoms with Crippen molar-refractivity contribution in [1.29, 1.82) is 0 Å². The minimum absolute atomic E-state index is 0.0288. The molecule has 0 unspecified atom stereocenters. The molecule has 4 aromatic carbocycles. The molecule has 0 spiro atoms. The maximum absolute atomic E-state index is 14.0. The van der Waals surface area contributed by atoms with Crippen LogP contribution in [0.2, 0.25) is 5.02 Å². The van der Waals surface area contributed by atoms with Gasteiger partial charge in [-0.2, -0.15) is 13.2 Å². The Labute approximate surface area is 348 Å². The minimum Gasteiger partial charge on any atom is -0.384 e. The van der Waals surface area contributed by atoms with Crippen molar-refractivity contribution >= 4 is 60.5 Å². The van der Waals surface area contributed by atoms with E-state index >= 15 is 0 Å². The van der Waals surface area contributed by atoms with Crippen molar-refractivity contribution in [2.24, 2.45) is 5.92 Å². The number of amides is 1. The SMILES string of the molecule is CN(C)CC[C@H](CSc1ccccc1)Nc1ccc(S(=O)(=O)NC(=O)c2ccc(NCCNC[C@H]3CCCC[C@@H]3c3ccc(Cl)cc3)cc2)cc1S(=O)(=O)C(F)(F)F. The van der Waals surface area contributed by atoms with Crippen LogP contribution in [0.3, 0.4) is 0 Å². The first kappa shape index (κ1) is 45.3. The zero-order valence-corrected chi connectivity index (χ0v) is 35.5. The molecule has 1 aliphatic rings. The Balaban J connectivity index is 1.21. The van der Waals surface area contributed by atoms with Crippen molar-refractivity contribution in [2.75, 3.05) is 56.7 Å². The van der Waals surface area contributed by atoms with E-state index in [4.69, 9.17) is 11.6 Å². The Hall–Kier alpha value is -3.80. The smallest absolute Gasteiger partial charge is 0.384 e. The van der Waals surface area contributed by atoms with Crippen LogP contribution in [0.1, 0.15) is 53.9 Å². The molecule has 3 atom stereocenters. The molecule has 314 valence electrons. The van der Waals surface area contributed by atoms with Crippen LogP contribution in [0, 0.1) is 5.92 Å². The third-order valence-corrected chi connectivity index (χ3v) is 14.2. The summed E-state index contributed by atoms with van der Waals surface area (Å²) in [4.78, 5) is 13.8. The number of hydrogen-bond acceptors (Lipinski definition) is 10. The monoisotopic (exact) mass is 879 g/mol. The van der Waals surface area contributed by atoms with Gasteiger partial charge in [0.2, 0.25) is 0 Å². The topological polar surface area (TPSA) is 137 Å². The molecule has 0 heterocycles. The molecular formula is C41H49ClF3N5O5S3. The molecule has 1 saturated carbocycles. The summed E-state index contributed by atoms with van der Waals surface area (Å²) in [7, 11) is -7.18. The summed E-state index contributed by atoms with van der Waals surface area (Å²) in [6.07, 6.45) is 5.14. The van der Waals surface area contributed by atoms with Gasteiger partial charge in [-0.3, -0.25) is 4.79 Å². The number of benzene rings is 4. The van der Waals surface area contributed by atoms with E-state index in [9.17, 15) is 34.8 Å². The van der Waals surface area contributed by atoms with Gasteiger partial charge in [0.05, 0.1) is 10.6 Å². The van der Waals surface area contributed by atoms with Gasteiger partial charge in [0, 0.05) is 46.1 Å². The predicted octanol–water partition coefficient (Wildman–Crippen LogP) is 8.25. The van der Waals surface area contributed by atoms with Crippen molar-refractivity contribution in [1.82, 2.24) is 14.9 Å². The highest BCUT2D eigenvalue weighted by Gasteiger charge is 2.48. The van der Waals surface area contributed by atoms with E-state index in [1.165, 1.54) is 42.3 Å². The summed E-state index contributed by atoms with van der Waals surface area (Å²) in [5.74, 6) is 0.321. The molecule has 0 aliphatic heterocycles. The first-order chi connectivity index (χ1) is 27.5. The van der Waals surface area contributed by atoms with Crippen LogP contribution in [0.5, 0.6) is 0 Å². The largest absolute Gasteiger partial charge is 0.501 e. The summed E-state index contributed by atoms with van der Waals surface area (Å²) >= 11 is 7.53. The Morgan fingerprint density at radius 1 is 0.897 bits per heavy atom. The summed E-state index contributed by atoms with van der Waals surface area (Å²) in [6, 6.07) is 25.3. The highest BCUT2D eigenvalue weighted by Crippen LogP contribution is 2.38. The van der Waals surface area contributed by atoms with Crippen LogP contribution in [-0.4, -0.2) is 85.2 Å². The second kappa shape index (κ2) is 20.4. The number of nitrogens with zero attached hydrogens (tertiary/aromatic N) is 1. The molecule has 17 heteroatoms. The van der Waals surface area contributed by atoms with Gasteiger partial charge in [-0.05, 0) is 131 Å². The molecule has 4 N–H and O–H groups in total. The van der Waals surface area contributed by atoms with Gasteiger partial charge in [-0.15, -0.1) is 11.8 Å². The fourth-order valence-corrected chi connectivity index (χ4v) is 9.99. The van der Waals surface area contributed by atoms with E-state index in [1.54, 1.807) is 12.1 Å². The number of carbonyl (C=O) groups excluding carboxylic acids is 1. The van der Waals surface area contributed by atoms with E-state index in [2.05, 4.69) is 28.1 Å². The lowest BCUT2D eigenvalue weighted by atomic mass is 9.75. The summed E-state index contributed by atoms with van der Waals surface area (Å²) in [5.41, 5.74) is -4.16. The lowest BCUT2D eigenvalue weighted by Gasteiger charge is -2.32. The predicted molar refractivity (Wildman–Crippen MR) is 226 cm³/mol. The number of carbonyl (C=O) groups is 1. The Morgan fingerprint density at radius 3 is 2.26 bits per heavy atom. The number of anilines is 2. The maximum atomic E-state index is 14.0. The average Bonchev–Trinajstić information content (AvgIpc) is 3.19. The van der Waals surface area contributed by atoms with Gasteiger partial charge >= 0.3 is 5.51 Å². The van der Waals surface area contributed by atoms with E-state index < -0.39 is 52.8 Å². The maximum Gasteiger partial charge on any atom is 0.501 e. The second-order valence-corrected chi connectivity index (χ2v) is 19.6. The number of rotatable bonds is 19. The molecule has 10 nitrogen and oxygen atoms in total. The fourth-order valence-electron chi connectivity index (χ4n) is 6.84. The van der Waals surface area contributed by atoms with Crippen LogP contribution in [-0.2, 0) is 19.9 Å². The van der Waals surface area contributed by atoms with Crippen LogP contribution in [0.25, 0.3) is 0 Å². The standard InChI is InChI=1S/C41H49ClF3N5O5S3/c1-50(2)25-22-34(28-56-35-9-4-3-5-10-35)48-38-21-20-36(26-39(38)57(52,53)41(43,44)45)58(54,55)49-40(51)30-14-18-33(19-15-30)47-24-23-46-27-31-8-6-7-11-37(31)29-12-16-32(42)17-13-29/h3-5,9-10,12-21,26,31,34,37,46-48H,6-8,11,22-25,27-28H2,1-2H3,(H,49,51)/t31-,34-,37-/m1/s1. The summed E-state index contributed by atoms with van der Waals surface area (Å²) in [6.45, 7) is 2.69. The van der Waals surface area contributed by atoms with Crippen LogP contribution < -0.4 is 20.7 Å². The van der Waals surface area contributed by atoms with Crippen molar-refractivity contribution in [2.45, 2.75) is 64.3 Å². The average molecular weight is 881 g/mol. The van der Waals surface area contributed by atoms with E-state index in [0.29, 0.717) is 55.4 Å². The fraction of sp³-hybridized carbons (Fsp3) is 0.390. The van der Waals surface area contributed by atoms with E-state index in [0.717, 1.165) is 41.4 Å². The number of halogens is 4. The van der Waals surface area contributed by atoms with Crippen molar-refractivity contribution in [3.05, 3.63) is 113 Å². The molecule has 0 saturated heterocycles. The summed E-state index contributed by atoms with van der Waals surface area (Å²) < 4.78 is 96.2. The molecule has 0 bridgehead atoms. The zero-order valence-electron chi connectivity index (χ0n) is 32.3. The quantitative estimate of drug-likeness (QED) is 0.0539. The van der Waals surface area contributed by atoms with Gasteiger partial charge in [0.15, 0.2) is 0 Å². The van der Waals surface area contributed by atoms with E-state index in [-0.39, 0.29) is 5.56 Å². The highest BCUT2D eigenvalue weighted by atomic mass is 35.5. The first-order valence-electron chi connectivity index (χ1n) is 19.0. The second-order valence-electron chi connectivity index (χ2n) is 14.5. The molecule has 4 aromatic rings. The van der Waals surface area contributed by atoms with Crippen LogP contribution in [0.15, 0.2) is 112 Å². The molecule has 0 radical (unpaired) electrons. The Kier molecular flexibility index (Phi) is 16.0. The van der Waals surface area contributed by atoms with Crippen LogP contribution >= 0.6 is 23.4 Å². The van der Waals surface area contributed by atoms with Crippen LogP contribution in [0.4, 0.5) is 24.5 Å². The number of thioether (sulfide) groups is 1. The molecule has 1 fully saturated rings. The number of sulfone groups is 1. The first-order valence-corrected chi connectivity index (χ1v) is 23.3. The number of hydrogen-bond donors (Lipinski definition) is 4. The van der Waals surface area contributed by atoms with Crippen molar-refractivity contribution in [3.63, 3.8) is 0 Å². The molecule has 58 heavy (non-hydrogen) atoms. The molecule has 1 amide bonds. The number of alkyl halides is 3. The van der Waals surface area contributed by atoms with Gasteiger partial charge in [-0.25, -0.2) is 21.6 Å². The third-order valence-electron chi connectivity index (χ3n) is 9.96. The Morgan fingerprint density at radius 2 is 1.59 bits per heavy atom. The normalized spacial score (nSPS) is 16.8.